The predicted molar refractivity (Wildman–Crippen MR) is 110 cm³/mol. The van der Waals surface area contributed by atoms with Crippen molar-refractivity contribution < 1.29 is 0 Å². The fourth-order valence-corrected chi connectivity index (χ4v) is 4.96. The summed E-state index contributed by atoms with van der Waals surface area (Å²) in [7, 11) is 0. The second-order valence-electron chi connectivity index (χ2n) is 6.44. The van der Waals surface area contributed by atoms with Gasteiger partial charge in [-0.25, -0.2) is 4.79 Å². The fourth-order valence-electron chi connectivity index (χ4n) is 3.32. The Morgan fingerprint density at radius 2 is 1.93 bits per heavy atom. The highest BCUT2D eigenvalue weighted by molar-refractivity contribution is 7.98. The molecule has 0 saturated heterocycles. The molecule has 2 aromatic heterocycles. The minimum Gasteiger partial charge on any atom is -0.292 e. The van der Waals surface area contributed by atoms with E-state index in [0.29, 0.717) is 22.3 Å². The van der Waals surface area contributed by atoms with Gasteiger partial charge in [-0.2, -0.15) is 4.98 Å². The lowest BCUT2D eigenvalue weighted by atomic mass is 10.2. The SMILES string of the molecule is O=c1nc(SCc2ccc(Cl)cc2Cl)c2c(n1Cc1ccncc1)CCC2. The first kappa shape index (κ1) is 18.5. The van der Waals surface area contributed by atoms with Crippen LogP contribution in [0.3, 0.4) is 0 Å². The Balaban J connectivity index is 1.62. The lowest BCUT2D eigenvalue weighted by Crippen LogP contribution is -2.27. The smallest absolute Gasteiger partial charge is 0.292 e. The summed E-state index contributed by atoms with van der Waals surface area (Å²) in [5, 5.41) is 2.08. The molecule has 4 rings (SSSR count). The molecule has 138 valence electrons. The second-order valence-corrected chi connectivity index (χ2v) is 8.25. The number of aromatic nitrogens is 3. The lowest BCUT2D eigenvalue weighted by Gasteiger charge is -2.14. The van der Waals surface area contributed by atoms with Crippen LogP contribution in [0, 0.1) is 0 Å². The monoisotopic (exact) mass is 417 g/mol. The third kappa shape index (κ3) is 4.05. The van der Waals surface area contributed by atoms with Crippen molar-refractivity contribution in [1.82, 2.24) is 14.5 Å². The minimum atomic E-state index is -0.197. The van der Waals surface area contributed by atoms with E-state index in [4.69, 9.17) is 23.2 Å². The van der Waals surface area contributed by atoms with E-state index in [2.05, 4.69) is 9.97 Å². The van der Waals surface area contributed by atoms with Crippen molar-refractivity contribution >= 4 is 35.0 Å². The van der Waals surface area contributed by atoms with Gasteiger partial charge in [0.2, 0.25) is 0 Å². The molecule has 4 nitrogen and oxygen atoms in total. The molecule has 0 fully saturated rings. The first-order valence-corrected chi connectivity index (χ1v) is 10.4. The molecule has 0 radical (unpaired) electrons. The molecule has 0 aliphatic heterocycles. The molecule has 0 saturated carbocycles. The first-order chi connectivity index (χ1) is 13.1. The van der Waals surface area contributed by atoms with Gasteiger partial charge in [0.1, 0.15) is 5.03 Å². The highest BCUT2D eigenvalue weighted by Gasteiger charge is 2.22. The highest BCUT2D eigenvalue weighted by Crippen LogP contribution is 2.33. The van der Waals surface area contributed by atoms with Gasteiger partial charge in [-0.3, -0.25) is 9.55 Å². The van der Waals surface area contributed by atoms with Gasteiger partial charge >= 0.3 is 5.69 Å². The summed E-state index contributed by atoms with van der Waals surface area (Å²) in [5.74, 6) is 0.656. The largest absolute Gasteiger partial charge is 0.349 e. The molecular formula is C20H17Cl2N3OS. The van der Waals surface area contributed by atoms with Gasteiger partial charge in [0.25, 0.3) is 0 Å². The summed E-state index contributed by atoms with van der Waals surface area (Å²) in [6.45, 7) is 0.532. The van der Waals surface area contributed by atoms with E-state index in [-0.39, 0.29) is 5.69 Å². The van der Waals surface area contributed by atoms with Crippen LogP contribution in [-0.2, 0) is 25.1 Å². The number of hydrogen-bond acceptors (Lipinski definition) is 4. The third-order valence-electron chi connectivity index (χ3n) is 4.67. The number of hydrogen-bond donors (Lipinski definition) is 0. The molecule has 0 amide bonds. The third-order valence-corrected chi connectivity index (χ3v) is 6.32. The molecule has 1 aliphatic carbocycles. The summed E-state index contributed by atoms with van der Waals surface area (Å²) >= 11 is 13.8. The molecule has 0 bridgehead atoms. The van der Waals surface area contributed by atoms with E-state index in [9.17, 15) is 4.79 Å². The van der Waals surface area contributed by atoms with Crippen molar-refractivity contribution in [2.75, 3.05) is 0 Å². The number of benzene rings is 1. The fraction of sp³-hybridized carbons (Fsp3) is 0.250. The van der Waals surface area contributed by atoms with Crippen LogP contribution in [0.5, 0.6) is 0 Å². The maximum absolute atomic E-state index is 12.7. The molecule has 0 atom stereocenters. The van der Waals surface area contributed by atoms with E-state index in [1.165, 1.54) is 5.56 Å². The van der Waals surface area contributed by atoms with E-state index < -0.39 is 0 Å². The van der Waals surface area contributed by atoms with Crippen LogP contribution >= 0.6 is 35.0 Å². The van der Waals surface area contributed by atoms with Crippen LogP contribution in [0.15, 0.2) is 52.5 Å². The Bertz CT molecular complexity index is 1040. The average Bonchev–Trinajstić information content (AvgIpc) is 3.14. The summed E-state index contributed by atoms with van der Waals surface area (Å²) in [4.78, 5) is 21.1. The van der Waals surface area contributed by atoms with Crippen LogP contribution in [0.2, 0.25) is 10.0 Å². The zero-order valence-corrected chi connectivity index (χ0v) is 16.8. The molecule has 3 aromatic rings. The molecule has 0 unspecified atom stereocenters. The van der Waals surface area contributed by atoms with Crippen molar-refractivity contribution in [2.45, 2.75) is 36.6 Å². The normalized spacial score (nSPS) is 13.0. The zero-order chi connectivity index (χ0) is 18.8. The van der Waals surface area contributed by atoms with Gasteiger partial charge in [-0.15, -0.1) is 11.8 Å². The Labute approximate surface area is 171 Å². The molecule has 0 spiro atoms. The van der Waals surface area contributed by atoms with Crippen LogP contribution < -0.4 is 5.69 Å². The molecule has 27 heavy (non-hydrogen) atoms. The van der Waals surface area contributed by atoms with Crippen LogP contribution in [-0.4, -0.2) is 14.5 Å². The number of fused-ring (bicyclic) bond motifs is 1. The molecule has 1 aliphatic rings. The van der Waals surface area contributed by atoms with Crippen molar-refractivity contribution in [3.05, 3.63) is 85.6 Å². The predicted octanol–water partition coefficient (Wildman–Crippen LogP) is 4.77. The number of rotatable bonds is 5. The molecule has 2 heterocycles. The molecular weight excluding hydrogens is 401 g/mol. The topological polar surface area (TPSA) is 47.8 Å². The number of thioether (sulfide) groups is 1. The van der Waals surface area contributed by atoms with Crippen LogP contribution in [0.1, 0.15) is 28.8 Å². The van der Waals surface area contributed by atoms with Crippen molar-refractivity contribution in [3.8, 4) is 0 Å². The molecule has 7 heteroatoms. The molecule has 1 aromatic carbocycles. The Morgan fingerprint density at radius 1 is 1.11 bits per heavy atom. The summed E-state index contributed by atoms with van der Waals surface area (Å²) in [6, 6.07) is 9.35. The number of pyridine rings is 1. The van der Waals surface area contributed by atoms with E-state index >= 15 is 0 Å². The Hall–Kier alpha value is -1.82. The van der Waals surface area contributed by atoms with Crippen molar-refractivity contribution in [1.29, 1.82) is 0 Å². The summed E-state index contributed by atoms with van der Waals surface area (Å²) < 4.78 is 1.80. The summed E-state index contributed by atoms with van der Waals surface area (Å²) in [5.41, 5.74) is 4.14. The van der Waals surface area contributed by atoms with Gasteiger partial charge in [0.15, 0.2) is 0 Å². The zero-order valence-electron chi connectivity index (χ0n) is 14.5. The van der Waals surface area contributed by atoms with Crippen molar-refractivity contribution in [2.24, 2.45) is 0 Å². The maximum atomic E-state index is 12.7. The van der Waals surface area contributed by atoms with Gasteiger partial charge < -0.3 is 0 Å². The van der Waals surface area contributed by atoms with Gasteiger partial charge in [0, 0.05) is 39.4 Å². The number of nitrogens with zero attached hydrogens (tertiary/aromatic N) is 3. The Kier molecular flexibility index (Phi) is 5.53. The van der Waals surface area contributed by atoms with E-state index in [0.717, 1.165) is 41.1 Å². The highest BCUT2D eigenvalue weighted by atomic mass is 35.5. The van der Waals surface area contributed by atoms with Gasteiger partial charge in [-0.1, -0.05) is 29.3 Å². The minimum absolute atomic E-state index is 0.197. The van der Waals surface area contributed by atoms with E-state index in [1.807, 2.05) is 24.3 Å². The summed E-state index contributed by atoms with van der Waals surface area (Å²) in [6.07, 6.45) is 6.40. The van der Waals surface area contributed by atoms with Crippen LogP contribution in [0.25, 0.3) is 0 Å². The standard InChI is InChI=1S/C20H17Cl2N3OS/c21-15-5-4-14(17(22)10-15)12-27-19-16-2-1-3-18(16)25(20(26)24-19)11-13-6-8-23-9-7-13/h4-10H,1-3,11-12H2. The van der Waals surface area contributed by atoms with Gasteiger partial charge in [-0.05, 0) is 54.7 Å². The maximum Gasteiger partial charge on any atom is 0.349 e. The second kappa shape index (κ2) is 8.05. The number of halogens is 2. The average molecular weight is 418 g/mol. The van der Waals surface area contributed by atoms with Gasteiger partial charge in [0.05, 0.1) is 6.54 Å². The quantitative estimate of drug-likeness (QED) is 0.442. The van der Waals surface area contributed by atoms with E-state index in [1.54, 1.807) is 34.8 Å². The first-order valence-electron chi connectivity index (χ1n) is 8.70. The molecule has 0 N–H and O–H groups in total. The lowest BCUT2D eigenvalue weighted by molar-refractivity contribution is 0.666. The van der Waals surface area contributed by atoms with Crippen molar-refractivity contribution in [3.63, 3.8) is 0 Å². The Morgan fingerprint density at radius 3 is 2.70 bits per heavy atom. The van der Waals surface area contributed by atoms with Crippen LogP contribution in [0.4, 0.5) is 0 Å².